The summed E-state index contributed by atoms with van der Waals surface area (Å²) in [7, 11) is 0. The number of nitrogens with zero attached hydrogens (tertiary/aromatic N) is 2. The number of hydrogen-bond acceptors (Lipinski definition) is 1. The van der Waals surface area contributed by atoms with Crippen LogP contribution >= 0.6 is 0 Å². The summed E-state index contributed by atoms with van der Waals surface area (Å²) in [5, 5.41) is 4.94. The standard InChI is InChI=1S/C58H40N2/c1-4-18-41(19-5-1)42-36-38-47(39-37-42)59(48-27-14-24-45(40-48)50-31-16-23-44-22-15-30-49(57(44)50)43-20-6-2-7-21-43)54-33-12-10-28-51(54)52-32-17-35-56-58(52)53-29-11-13-34-55(53)60(56)46-25-8-3-9-26-46/h1-40H. The fourth-order valence-corrected chi connectivity index (χ4v) is 9.11. The van der Waals surface area contributed by atoms with Gasteiger partial charge < -0.3 is 9.47 Å². The molecule has 0 fully saturated rings. The fraction of sp³-hybridized carbons (Fsp3) is 0. The highest BCUT2D eigenvalue weighted by atomic mass is 15.1. The number of benzene rings is 10. The monoisotopic (exact) mass is 764 g/mol. The van der Waals surface area contributed by atoms with E-state index in [4.69, 9.17) is 0 Å². The average molecular weight is 765 g/mol. The van der Waals surface area contributed by atoms with Crippen LogP contribution < -0.4 is 4.90 Å². The normalized spacial score (nSPS) is 11.3. The molecule has 0 radical (unpaired) electrons. The van der Waals surface area contributed by atoms with Gasteiger partial charge >= 0.3 is 0 Å². The molecule has 2 nitrogen and oxygen atoms in total. The molecule has 0 bridgehead atoms. The summed E-state index contributed by atoms with van der Waals surface area (Å²) >= 11 is 0. The van der Waals surface area contributed by atoms with Crippen LogP contribution in [0.1, 0.15) is 0 Å². The molecule has 11 rings (SSSR count). The third-order valence-electron chi connectivity index (χ3n) is 11.8. The molecule has 0 aliphatic carbocycles. The van der Waals surface area contributed by atoms with Crippen molar-refractivity contribution in [3.63, 3.8) is 0 Å². The second-order valence-electron chi connectivity index (χ2n) is 15.3. The molecule has 0 N–H and O–H groups in total. The third-order valence-corrected chi connectivity index (χ3v) is 11.8. The van der Waals surface area contributed by atoms with Gasteiger partial charge in [0, 0.05) is 33.4 Å². The lowest BCUT2D eigenvalue weighted by atomic mass is 9.91. The zero-order valence-corrected chi connectivity index (χ0v) is 33.0. The Balaban J connectivity index is 1.13. The minimum atomic E-state index is 1.08. The van der Waals surface area contributed by atoms with Crippen molar-refractivity contribution in [1.82, 2.24) is 4.57 Å². The number of hydrogen-bond donors (Lipinski definition) is 0. The van der Waals surface area contributed by atoms with E-state index in [0.717, 1.165) is 33.9 Å². The first kappa shape index (κ1) is 35.2. The summed E-state index contributed by atoms with van der Waals surface area (Å²) in [6.45, 7) is 0. The summed E-state index contributed by atoms with van der Waals surface area (Å²) in [6.07, 6.45) is 0. The lowest BCUT2D eigenvalue weighted by molar-refractivity contribution is 1.18. The molecule has 11 aromatic rings. The second-order valence-corrected chi connectivity index (χ2v) is 15.3. The molecule has 10 aromatic carbocycles. The van der Waals surface area contributed by atoms with Crippen LogP contribution in [0.15, 0.2) is 243 Å². The highest BCUT2D eigenvalue weighted by molar-refractivity contribution is 6.17. The summed E-state index contributed by atoms with van der Waals surface area (Å²) in [5.41, 5.74) is 16.3. The van der Waals surface area contributed by atoms with Crippen molar-refractivity contribution in [3.8, 4) is 50.2 Å². The van der Waals surface area contributed by atoms with Gasteiger partial charge in [0.05, 0.1) is 16.7 Å². The number of fused-ring (bicyclic) bond motifs is 4. The summed E-state index contributed by atoms with van der Waals surface area (Å²) in [4.78, 5) is 2.44. The Bertz CT molecular complexity index is 3290. The lowest BCUT2D eigenvalue weighted by Gasteiger charge is -2.29. The maximum absolute atomic E-state index is 2.44. The highest BCUT2D eigenvalue weighted by Crippen LogP contribution is 2.46. The number of para-hydroxylation sites is 3. The van der Waals surface area contributed by atoms with Gasteiger partial charge in [-0.25, -0.2) is 0 Å². The molecule has 1 aromatic heterocycles. The van der Waals surface area contributed by atoms with Gasteiger partial charge in [0.1, 0.15) is 0 Å². The largest absolute Gasteiger partial charge is 0.310 e. The van der Waals surface area contributed by atoms with E-state index >= 15 is 0 Å². The summed E-state index contributed by atoms with van der Waals surface area (Å²) in [6, 6.07) is 87.9. The molecule has 0 saturated carbocycles. The Hall–Kier alpha value is -7.94. The van der Waals surface area contributed by atoms with Crippen molar-refractivity contribution in [1.29, 1.82) is 0 Å². The number of anilines is 3. The first-order chi connectivity index (χ1) is 29.8. The Morgan fingerprint density at radius 1 is 0.300 bits per heavy atom. The zero-order valence-electron chi connectivity index (χ0n) is 33.0. The van der Waals surface area contributed by atoms with Crippen molar-refractivity contribution in [2.45, 2.75) is 0 Å². The Morgan fingerprint density at radius 3 is 1.60 bits per heavy atom. The predicted octanol–water partition coefficient (Wildman–Crippen LogP) is 16.1. The Labute approximate surface area is 350 Å². The topological polar surface area (TPSA) is 8.17 Å². The van der Waals surface area contributed by atoms with E-state index in [1.165, 1.54) is 66.0 Å². The molecule has 282 valence electrons. The maximum atomic E-state index is 2.44. The molecular weight excluding hydrogens is 725 g/mol. The molecule has 0 aliphatic rings. The summed E-state index contributed by atoms with van der Waals surface area (Å²) in [5.74, 6) is 0. The van der Waals surface area contributed by atoms with Gasteiger partial charge in [-0.2, -0.15) is 0 Å². The minimum Gasteiger partial charge on any atom is -0.310 e. The van der Waals surface area contributed by atoms with Crippen molar-refractivity contribution < 1.29 is 0 Å². The molecule has 0 atom stereocenters. The van der Waals surface area contributed by atoms with Crippen LogP contribution in [0, 0.1) is 0 Å². The molecule has 0 aliphatic heterocycles. The van der Waals surface area contributed by atoms with Crippen LogP contribution in [0.4, 0.5) is 17.1 Å². The SMILES string of the molecule is c1ccc(-c2ccc(N(c3cccc(-c4cccc5cccc(-c6ccccc6)c45)c3)c3ccccc3-c3cccc4c3c3ccccc3n4-c3ccccc3)cc2)cc1. The van der Waals surface area contributed by atoms with Crippen LogP contribution in [0.25, 0.3) is 82.8 Å². The quantitative estimate of drug-likeness (QED) is 0.150. The smallest absolute Gasteiger partial charge is 0.0547 e. The third kappa shape index (κ3) is 6.14. The second kappa shape index (κ2) is 15.1. The van der Waals surface area contributed by atoms with E-state index in [9.17, 15) is 0 Å². The fourth-order valence-electron chi connectivity index (χ4n) is 9.11. The van der Waals surface area contributed by atoms with Gasteiger partial charge in [-0.3, -0.25) is 0 Å². The van der Waals surface area contributed by atoms with Crippen LogP contribution in [-0.2, 0) is 0 Å². The minimum absolute atomic E-state index is 1.08. The molecule has 2 heteroatoms. The van der Waals surface area contributed by atoms with Crippen LogP contribution in [0.5, 0.6) is 0 Å². The van der Waals surface area contributed by atoms with E-state index < -0.39 is 0 Å². The maximum Gasteiger partial charge on any atom is 0.0547 e. The highest BCUT2D eigenvalue weighted by Gasteiger charge is 2.22. The van der Waals surface area contributed by atoms with E-state index in [1.54, 1.807) is 0 Å². The van der Waals surface area contributed by atoms with E-state index in [-0.39, 0.29) is 0 Å². The van der Waals surface area contributed by atoms with Crippen molar-refractivity contribution in [2.75, 3.05) is 4.90 Å². The molecule has 0 amide bonds. The van der Waals surface area contributed by atoms with Gasteiger partial charge in [-0.05, 0) is 104 Å². The lowest BCUT2D eigenvalue weighted by Crippen LogP contribution is -2.11. The first-order valence-electron chi connectivity index (χ1n) is 20.6. The van der Waals surface area contributed by atoms with Gasteiger partial charge in [0.2, 0.25) is 0 Å². The van der Waals surface area contributed by atoms with Crippen molar-refractivity contribution in [2.24, 2.45) is 0 Å². The van der Waals surface area contributed by atoms with E-state index in [1.807, 2.05) is 0 Å². The molecule has 60 heavy (non-hydrogen) atoms. The van der Waals surface area contributed by atoms with Crippen molar-refractivity contribution in [3.05, 3.63) is 243 Å². The summed E-state index contributed by atoms with van der Waals surface area (Å²) < 4.78 is 2.40. The van der Waals surface area contributed by atoms with Gasteiger partial charge in [-0.15, -0.1) is 0 Å². The van der Waals surface area contributed by atoms with Crippen molar-refractivity contribution >= 4 is 49.6 Å². The van der Waals surface area contributed by atoms with Gasteiger partial charge in [0.15, 0.2) is 0 Å². The zero-order chi connectivity index (χ0) is 39.8. The predicted molar refractivity (Wildman–Crippen MR) is 255 cm³/mol. The Kier molecular flexibility index (Phi) is 8.87. The Morgan fingerprint density at radius 2 is 0.833 bits per heavy atom. The number of rotatable bonds is 8. The van der Waals surface area contributed by atoms with E-state index in [2.05, 4.69) is 252 Å². The van der Waals surface area contributed by atoms with Crippen LogP contribution in [0.3, 0.4) is 0 Å². The van der Waals surface area contributed by atoms with E-state index in [0.29, 0.717) is 0 Å². The molecular formula is C58H40N2. The molecule has 1 heterocycles. The van der Waals surface area contributed by atoms with Gasteiger partial charge in [-0.1, -0.05) is 188 Å². The van der Waals surface area contributed by atoms with Crippen LogP contribution in [-0.4, -0.2) is 4.57 Å². The first-order valence-corrected chi connectivity index (χ1v) is 20.6. The molecule has 0 saturated heterocycles. The molecule has 0 spiro atoms. The average Bonchev–Trinajstić information content (AvgIpc) is 3.67. The van der Waals surface area contributed by atoms with Crippen LogP contribution in [0.2, 0.25) is 0 Å². The number of aromatic nitrogens is 1. The van der Waals surface area contributed by atoms with Gasteiger partial charge in [0.25, 0.3) is 0 Å². The molecule has 0 unspecified atom stereocenters.